The molecule has 2 aliphatic heterocycles. The smallest absolute Gasteiger partial charge is 0.410 e. The van der Waals surface area contributed by atoms with Gasteiger partial charge in [0.15, 0.2) is 11.5 Å². The second kappa shape index (κ2) is 11.2. The van der Waals surface area contributed by atoms with E-state index >= 15 is 0 Å². The maximum atomic E-state index is 13.3. The number of fused-ring (bicyclic) bond motifs is 2. The quantitative estimate of drug-likeness (QED) is 0.398. The van der Waals surface area contributed by atoms with Crippen LogP contribution >= 0.6 is 0 Å². The molecule has 1 aromatic heterocycles. The van der Waals surface area contributed by atoms with E-state index in [-0.39, 0.29) is 11.9 Å². The van der Waals surface area contributed by atoms with Crippen molar-refractivity contribution in [1.82, 2.24) is 19.8 Å². The van der Waals surface area contributed by atoms with Gasteiger partial charge in [0.1, 0.15) is 23.6 Å². The SMILES string of the molecule is COc1cc2ncnc(Nc3ccc(F)cc3)c2cc1OCCCN1CC2CN(C(=O)OC(C)(C)C)CC2C1. The van der Waals surface area contributed by atoms with Crippen molar-refractivity contribution >= 4 is 28.5 Å². The molecule has 2 fully saturated rings. The largest absolute Gasteiger partial charge is 0.493 e. The summed E-state index contributed by atoms with van der Waals surface area (Å²) in [7, 11) is 1.61. The van der Waals surface area contributed by atoms with Crippen molar-refractivity contribution in [1.29, 1.82) is 0 Å². The first-order chi connectivity index (χ1) is 18.7. The van der Waals surface area contributed by atoms with Gasteiger partial charge in [-0.05, 0) is 69.4 Å². The lowest BCUT2D eigenvalue weighted by atomic mass is 10.0. The van der Waals surface area contributed by atoms with Gasteiger partial charge in [-0.2, -0.15) is 0 Å². The number of nitrogens with one attached hydrogen (secondary N) is 1. The highest BCUT2D eigenvalue weighted by Crippen LogP contribution is 2.35. The number of halogens is 1. The zero-order valence-electron chi connectivity index (χ0n) is 22.9. The number of carbonyl (C=O) groups excluding carboxylic acids is 1. The van der Waals surface area contributed by atoms with Crippen LogP contribution in [0.5, 0.6) is 11.5 Å². The highest BCUT2D eigenvalue weighted by Gasteiger charge is 2.42. The number of likely N-dealkylation sites (tertiary alicyclic amines) is 2. The van der Waals surface area contributed by atoms with Crippen molar-refractivity contribution < 1.29 is 23.4 Å². The molecule has 9 nitrogen and oxygen atoms in total. The van der Waals surface area contributed by atoms with E-state index in [0.29, 0.717) is 41.3 Å². The van der Waals surface area contributed by atoms with Crippen molar-refractivity contribution in [3.05, 3.63) is 48.5 Å². The van der Waals surface area contributed by atoms with Crippen LogP contribution in [0.1, 0.15) is 27.2 Å². The Bertz CT molecular complexity index is 1300. The van der Waals surface area contributed by atoms with Crippen LogP contribution in [0.15, 0.2) is 42.7 Å². The van der Waals surface area contributed by atoms with Crippen LogP contribution in [0.25, 0.3) is 10.9 Å². The van der Waals surface area contributed by atoms with E-state index in [0.717, 1.165) is 50.2 Å². The molecule has 0 radical (unpaired) electrons. The van der Waals surface area contributed by atoms with Crippen LogP contribution in [0, 0.1) is 17.7 Å². The van der Waals surface area contributed by atoms with Crippen molar-refractivity contribution in [2.45, 2.75) is 32.8 Å². The summed E-state index contributed by atoms with van der Waals surface area (Å²) in [6, 6.07) is 9.82. The van der Waals surface area contributed by atoms with E-state index in [1.807, 2.05) is 37.8 Å². The Hall–Kier alpha value is -3.66. The van der Waals surface area contributed by atoms with Gasteiger partial charge in [0.2, 0.25) is 0 Å². The minimum atomic E-state index is -0.470. The summed E-state index contributed by atoms with van der Waals surface area (Å²) in [5.74, 6) is 2.51. The van der Waals surface area contributed by atoms with E-state index in [1.54, 1.807) is 19.2 Å². The van der Waals surface area contributed by atoms with Gasteiger partial charge in [0.05, 0.1) is 19.2 Å². The molecule has 3 aromatic rings. The molecule has 39 heavy (non-hydrogen) atoms. The summed E-state index contributed by atoms with van der Waals surface area (Å²) in [4.78, 5) is 25.5. The highest BCUT2D eigenvalue weighted by molar-refractivity contribution is 5.93. The zero-order valence-corrected chi connectivity index (χ0v) is 22.9. The topological polar surface area (TPSA) is 89.1 Å². The van der Waals surface area contributed by atoms with Crippen LogP contribution in [-0.2, 0) is 4.74 Å². The van der Waals surface area contributed by atoms with Crippen molar-refractivity contribution in [3.63, 3.8) is 0 Å². The van der Waals surface area contributed by atoms with Gasteiger partial charge in [-0.1, -0.05) is 0 Å². The van der Waals surface area contributed by atoms with E-state index in [2.05, 4.69) is 20.2 Å². The molecule has 0 saturated carbocycles. The molecule has 2 saturated heterocycles. The number of carbonyl (C=O) groups is 1. The van der Waals surface area contributed by atoms with Crippen LogP contribution in [-0.4, -0.2) is 77.9 Å². The van der Waals surface area contributed by atoms with Crippen LogP contribution in [0.2, 0.25) is 0 Å². The Kier molecular flexibility index (Phi) is 7.74. The average Bonchev–Trinajstić information content (AvgIpc) is 3.46. The Morgan fingerprint density at radius 1 is 1.05 bits per heavy atom. The Labute approximate surface area is 228 Å². The predicted molar refractivity (Wildman–Crippen MR) is 147 cm³/mol. The number of hydrogen-bond acceptors (Lipinski definition) is 8. The first kappa shape index (κ1) is 26.9. The number of ether oxygens (including phenoxy) is 3. The number of benzene rings is 2. The number of methoxy groups -OCH3 is 1. The Balaban J connectivity index is 1.15. The van der Waals surface area contributed by atoms with E-state index in [1.165, 1.54) is 18.5 Å². The van der Waals surface area contributed by atoms with Gasteiger partial charge in [-0.25, -0.2) is 19.2 Å². The fourth-order valence-electron chi connectivity index (χ4n) is 5.32. The first-order valence-corrected chi connectivity index (χ1v) is 13.4. The number of hydrogen-bond donors (Lipinski definition) is 1. The molecular weight excluding hydrogens is 501 g/mol. The van der Waals surface area contributed by atoms with Gasteiger partial charge in [-0.3, -0.25) is 0 Å². The van der Waals surface area contributed by atoms with Crippen LogP contribution in [0.3, 0.4) is 0 Å². The van der Waals surface area contributed by atoms with Crippen molar-refractivity contribution in [2.75, 3.05) is 51.8 Å². The van der Waals surface area contributed by atoms with Gasteiger partial charge in [-0.15, -0.1) is 0 Å². The van der Waals surface area contributed by atoms with Crippen LogP contribution in [0.4, 0.5) is 20.7 Å². The third-order valence-electron chi connectivity index (χ3n) is 7.12. The number of amides is 1. The zero-order chi connectivity index (χ0) is 27.6. The second-order valence-electron chi connectivity index (χ2n) is 11.2. The average molecular weight is 538 g/mol. The van der Waals surface area contributed by atoms with Gasteiger partial charge < -0.3 is 29.3 Å². The molecule has 208 valence electrons. The normalized spacial score (nSPS) is 19.3. The molecule has 1 amide bonds. The lowest BCUT2D eigenvalue weighted by molar-refractivity contribution is 0.0274. The number of aromatic nitrogens is 2. The summed E-state index contributed by atoms with van der Waals surface area (Å²) in [5, 5.41) is 4.01. The molecule has 3 heterocycles. The molecule has 5 rings (SSSR count). The molecule has 2 aliphatic rings. The molecule has 1 N–H and O–H groups in total. The fourth-order valence-corrected chi connectivity index (χ4v) is 5.32. The minimum absolute atomic E-state index is 0.206. The van der Waals surface area contributed by atoms with Gasteiger partial charge in [0, 0.05) is 49.9 Å². The summed E-state index contributed by atoms with van der Waals surface area (Å²) in [5.41, 5.74) is 0.963. The van der Waals surface area contributed by atoms with Crippen LogP contribution < -0.4 is 14.8 Å². The maximum absolute atomic E-state index is 13.3. The summed E-state index contributed by atoms with van der Waals surface area (Å²) < 4.78 is 30.6. The number of rotatable bonds is 8. The predicted octanol–water partition coefficient (Wildman–Crippen LogP) is 5.09. The monoisotopic (exact) mass is 537 g/mol. The van der Waals surface area contributed by atoms with Crippen molar-refractivity contribution in [2.24, 2.45) is 11.8 Å². The molecule has 0 spiro atoms. The van der Waals surface area contributed by atoms with Gasteiger partial charge >= 0.3 is 6.09 Å². The van der Waals surface area contributed by atoms with E-state index < -0.39 is 5.60 Å². The van der Waals surface area contributed by atoms with E-state index in [9.17, 15) is 9.18 Å². The van der Waals surface area contributed by atoms with E-state index in [4.69, 9.17) is 14.2 Å². The third kappa shape index (κ3) is 6.50. The van der Waals surface area contributed by atoms with Crippen molar-refractivity contribution in [3.8, 4) is 11.5 Å². The third-order valence-corrected chi connectivity index (χ3v) is 7.12. The summed E-state index contributed by atoms with van der Waals surface area (Å²) in [6.07, 6.45) is 2.14. The Morgan fingerprint density at radius 3 is 2.44 bits per heavy atom. The Morgan fingerprint density at radius 2 is 1.77 bits per heavy atom. The molecule has 0 bridgehead atoms. The molecule has 2 atom stereocenters. The minimum Gasteiger partial charge on any atom is -0.493 e. The highest BCUT2D eigenvalue weighted by atomic mass is 19.1. The number of anilines is 2. The standard InChI is InChI=1S/C29H36FN5O4/c1-29(2,3)39-28(36)35-16-19-14-34(15-20(19)17-35)10-5-11-38-26-12-23-24(13-25(26)37-4)31-18-32-27(23)33-22-8-6-21(30)7-9-22/h6-9,12-13,18-20H,5,10-11,14-17H2,1-4H3,(H,31,32,33). The lowest BCUT2D eigenvalue weighted by Crippen LogP contribution is -2.37. The maximum Gasteiger partial charge on any atom is 0.410 e. The molecular formula is C29H36FN5O4. The molecule has 2 unspecified atom stereocenters. The first-order valence-electron chi connectivity index (χ1n) is 13.4. The summed E-state index contributed by atoms with van der Waals surface area (Å²) >= 11 is 0. The molecule has 0 aliphatic carbocycles. The number of nitrogens with zero attached hydrogens (tertiary/aromatic N) is 4. The van der Waals surface area contributed by atoms with Gasteiger partial charge in [0.25, 0.3) is 0 Å². The molecule has 2 aromatic carbocycles. The molecule has 10 heteroatoms. The second-order valence-corrected chi connectivity index (χ2v) is 11.2. The summed E-state index contributed by atoms with van der Waals surface area (Å²) in [6.45, 7) is 10.7. The lowest BCUT2D eigenvalue weighted by Gasteiger charge is -2.26. The fraction of sp³-hybridized carbons (Fsp3) is 0.483.